The number of hydrogen-bond donors (Lipinski definition) is 1. The molecule has 1 heterocycles. The molecule has 2 nitrogen and oxygen atoms in total. The molecule has 20 heavy (non-hydrogen) atoms. The minimum Gasteiger partial charge on any atom is -0.320 e. The SMILES string of the molecule is NC(c1cccc(Br)c1Cl)c1cccc2cccnc12. The Morgan fingerprint density at radius 2 is 1.70 bits per heavy atom. The average Bonchev–Trinajstić information content (AvgIpc) is 2.49. The Labute approximate surface area is 130 Å². The fourth-order valence-electron chi connectivity index (χ4n) is 2.31. The summed E-state index contributed by atoms with van der Waals surface area (Å²) in [6.07, 6.45) is 1.78. The predicted molar refractivity (Wildman–Crippen MR) is 86.9 cm³/mol. The minimum atomic E-state index is -0.307. The number of pyridine rings is 1. The average molecular weight is 348 g/mol. The van der Waals surface area contributed by atoms with Crippen LogP contribution in [0.15, 0.2) is 59.2 Å². The van der Waals surface area contributed by atoms with Gasteiger partial charge in [-0.25, -0.2) is 0 Å². The van der Waals surface area contributed by atoms with Gasteiger partial charge in [0.05, 0.1) is 16.6 Å². The first-order valence-electron chi connectivity index (χ1n) is 6.21. The van der Waals surface area contributed by atoms with Crippen LogP contribution >= 0.6 is 27.5 Å². The van der Waals surface area contributed by atoms with E-state index in [9.17, 15) is 0 Å². The van der Waals surface area contributed by atoms with Crippen molar-refractivity contribution >= 4 is 38.4 Å². The van der Waals surface area contributed by atoms with Crippen molar-refractivity contribution < 1.29 is 0 Å². The van der Waals surface area contributed by atoms with E-state index in [2.05, 4.69) is 20.9 Å². The molecule has 100 valence electrons. The van der Waals surface area contributed by atoms with Crippen molar-refractivity contribution in [3.8, 4) is 0 Å². The molecular formula is C16H12BrClN2. The van der Waals surface area contributed by atoms with Gasteiger partial charge in [-0.3, -0.25) is 4.98 Å². The van der Waals surface area contributed by atoms with Crippen LogP contribution in [0.2, 0.25) is 5.02 Å². The van der Waals surface area contributed by atoms with Crippen molar-refractivity contribution in [2.75, 3.05) is 0 Å². The van der Waals surface area contributed by atoms with Crippen molar-refractivity contribution in [1.29, 1.82) is 0 Å². The van der Waals surface area contributed by atoms with E-state index in [1.54, 1.807) is 6.20 Å². The van der Waals surface area contributed by atoms with Crippen LogP contribution in [0.5, 0.6) is 0 Å². The van der Waals surface area contributed by atoms with E-state index >= 15 is 0 Å². The normalized spacial score (nSPS) is 12.6. The van der Waals surface area contributed by atoms with Crippen LogP contribution in [-0.4, -0.2) is 4.98 Å². The van der Waals surface area contributed by atoms with E-state index in [0.717, 1.165) is 26.5 Å². The highest BCUT2D eigenvalue weighted by atomic mass is 79.9. The molecule has 1 atom stereocenters. The molecule has 0 saturated carbocycles. The van der Waals surface area contributed by atoms with E-state index in [1.165, 1.54) is 0 Å². The maximum Gasteiger partial charge on any atom is 0.0753 e. The molecule has 0 saturated heterocycles. The molecule has 0 bridgehead atoms. The minimum absolute atomic E-state index is 0.307. The Morgan fingerprint density at radius 1 is 1.00 bits per heavy atom. The molecule has 0 fully saturated rings. The molecule has 0 aliphatic heterocycles. The Kier molecular flexibility index (Phi) is 3.74. The number of hydrogen-bond acceptors (Lipinski definition) is 2. The molecule has 0 radical (unpaired) electrons. The molecule has 3 aromatic rings. The monoisotopic (exact) mass is 346 g/mol. The van der Waals surface area contributed by atoms with Gasteiger partial charge in [0.2, 0.25) is 0 Å². The lowest BCUT2D eigenvalue weighted by atomic mass is 9.97. The molecule has 0 amide bonds. The number of para-hydroxylation sites is 1. The summed E-state index contributed by atoms with van der Waals surface area (Å²) in [6, 6.07) is 15.4. The van der Waals surface area contributed by atoms with Crippen LogP contribution in [0.3, 0.4) is 0 Å². The van der Waals surface area contributed by atoms with Crippen LogP contribution in [0.25, 0.3) is 10.9 Å². The molecule has 0 spiro atoms. The third kappa shape index (κ3) is 2.33. The van der Waals surface area contributed by atoms with Gasteiger partial charge >= 0.3 is 0 Å². The lowest BCUT2D eigenvalue weighted by Gasteiger charge is -2.16. The zero-order valence-corrected chi connectivity index (χ0v) is 12.9. The molecule has 4 heteroatoms. The number of rotatable bonds is 2. The van der Waals surface area contributed by atoms with E-state index < -0.39 is 0 Å². The van der Waals surface area contributed by atoms with Gasteiger partial charge in [-0.2, -0.15) is 0 Å². The highest BCUT2D eigenvalue weighted by molar-refractivity contribution is 9.10. The van der Waals surface area contributed by atoms with Crippen molar-refractivity contribution in [3.05, 3.63) is 75.4 Å². The van der Waals surface area contributed by atoms with Crippen molar-refractivity contribution in [3.63, 3.8) is 0 Å². The molecule has 2 N–H and O–H groups in total. The van der Waals surface area contributed by atoms with Crippen molar-refractivity contribution in [1.82, 2.24) is 4.98 Å². The molecule has 1 aromatic heterocycles. The second-order valence-electron chi connectivity index (χ2n) is 4.54. The van der Waals surface area contributed by atoms with Crippen LogP contribution < -0.4 is 5.73 Å². The summed E-state index contributed by atoms with van der Waals surface area (Å²) in [5, 5.41) is 1.72. The van der Waals surface area contributed by atoms with Gasteiger partial charge in [0, 0.05) is 16.1 Å². The zero-order valence-electron chi connectivity index (χ0n) is 10.6. The topological polar surface area (TPSA) is 38.9 Å². The number of halogens is 2. The summed E-state index contributed by atoms with van der Waals surface area (Å²) in [7, 11) is 0. The van der Waals surface area contributed by atoms with E-state index in [-0.39, 0.29) is 6.04 Å². The fourth-order valence-corrected chi connectivity index (χ4v) is 2.93. The first-order valence-corrected chi connectivity index (χ1v) is 7.38. The molecular weight excluding hydrogens is 336 g/mol. The number of nitrogens with zero attached hydrogens (tertiary/aromatic N) is 1. The quantitative estimate of drug-likeness (QED) is 0.730. The van der Waals surface area contributed by atoms with E-state index in [4.69, 9.17) is 17.3 Å². The Morgan fingerprint density at radius 3 is 2.55 bits per heavy atom. The second-order valence-corrected chi connectivity index (χ2v) is 5.78. The van der Waals surface area contributed by atoms with Gasteiger partial charge < -0.3 is 5.73 Å². The fraction of sp³-hybridized carbons (Fsp3) is 0.0625. The smallest absolute Gasteiger partial charge is 0.0753 e. The van der Waals surface area contributed by atoms with Gasteiger partial charge in [0.15, 0.2) is 0 Å². The van der Waals surface area contributed by atoms with Gasteiger partial charge in [-0.1, -0.05) is 48.0 Å². The van der Waals surface area contributed by atoms with Gasteiger partial charge in [0.1, 0.15) is 0 Å². The third-order valence-corrected chi connectivity index (χ3v) is 4.63. The summed E-state index contributed by atoms with van der Waals surface area (Å²) in [5.74, 6) is 0. The summed E-state index contributed by atoms with van der Waals surface area (Å²) in [4.78, 5) is 4.45. The van der Waals surface area contributed by atoms with Crippen LogP contribution in [0.1, 0.15) is 17.2 Å². The first-order chi connectivity index (χ1) is 9.68. The maximum atomic E-state index is 6.41. The summed E-state index contributed by atoms with van der Waals surface area (Å²) >= 11 is 9.78. The molecule has 2 aromatic carbocycles. The number of fused-ring (bicyclic) bond motifs is 1. The number of nitrogens with two attached hydrogens (primary N) is 1. The van der Waals surface area contributed by atoms with Gasteiger partial charge in [-0.05, 0) is 39.2 Å². The third-order valence-electron chi connectivity index (χ3n) is 3.32. The molecule has 3 rings (SSSR count). The van der Waals surface area contributed by atoms with Crippen LogP contribution in [0, 0.1) is 0 Å². The zero-order chi connectivity index (χ0) is 14.1. The molecule has 1 unspecified atom stereocenters. The van der Waals surface area contributed by atoms with Crippen LogP contribution in [0.4, 0.5) is 0 Å². The van der Waals surface area contributed by atoms with Crippen molar-refractivity contribution in [2.45, 2.75) is 6.04 Å². The Bertz CT molecular complexity index is 768. The first kappa shape index (κ1) is 13.6. The summed E-state index contributed by atoms with van der Waals surface area (Å²) in [6.45, 7) is 0. The Hall–Kier alpha value is -1.42. The summed E-state index contributed by atoms with van der Waals surface area (Å²) < 4.78 is 0.848. The van der Waals surface area contributed by atoms with E-state index in [1.807, 2.05) is 48.5 Å². The molecule has 0 aliphatic rings. The maximum absolute atomic E-state index is 6.41. The number of aromatic nitrogens is 1. The molecule has 0 aliphatic carbocycles. The second kappa shape index (κ2) is 5.52. The number of benzene rings is 2. The summed E-state index contributed by atoms with van der Waals surface area (Å²) in [5.41, 5.74) is 9.19. The predicted octanol–water partition coefficient (Wildman–Crippen LogP) is 4.70. The Balaban J connectivity index is 2.18. The van der Waals surface area contributed by atoms with Crippen molar-refractivity contribution in [2.24, 2.45) is 5.73 Å². The highest BCUT2D eigenvalue weighted by Gasteiger charge is 2.16. The van der Waals surface area contributed by atoms with Gasteiger partial charge in [-0.15, -0.1) is 0 Å². The van der Waals surface area contributed by atoms with Crippen LogP contribution in [-0.2, 0) is 0 Å². The standard InChI is InChI=1S/C16H12BrClN2/c17-13-8-2-6-11(14(13)18)15(19)12-7-1-4-10-5-3-9-20-16(10)12/h1-9,15H,19H2. The lowest BCUT2D eigenvalue weighted by molar-refractivity contribution is 0.876. The van der Waals surface area contributed by atoms with E-state index in [0.29, 0.717) is 5.02 Å². The largest absolute Gasteiger partial charge is 0.320 e. The lowest BCUT2D eigenvalue weighted by Crippen LogP contribution is -2.13. The van der Waals surface area contributed by atoms with Gasteiger partial charge in [0.25, 0.3) is 0 Å². The highest BCUT2D eigenvalue weighted by Crippen LogP contribution is 2.33.